The normalized spacial score (nSPS) is 11.4. The SMILES string of the molecule is OCCN=Cc1sc(=S)n(Cc2ccco2)c1O. The Hall–Kier alpha value is -1.44. The predicted octanol–water partition coefficient (Wildman–Crippen LogP) is 2.04. The maximum atomic E-state index is 10.0. The van der Waals surface area contributed by atoms with Gasteiger partial charge in [-0.15, -0.1) is 0 Å². The molecule has 18 heavy (non-hydrogen) atoms. The fourth-order valence-electron chi connectivity index (χ4n) is 1.40. The van der Waals surface area contributed by atoms with Crippen LogP contribution in [-0.4, -0.2) is 34.1 Å². The van der Waals surface area contributed by atoms with Gasteiger partial charge < -0.3 is 14.6 Å². The van der Waals surface area contributed by atoms with Gasteiger partial charge in [0, 0.05) is 6.21 Å². The molecule has 0 aliphatic heterocycles. The van der Waals surface area contributed by atoms with E-state index in [9.17, 15) is 5.11 Å². The van der Waals surface area contributed by atoms with Crippen molar-refractivity contribution >= 4 is 29.8 Å². The molecule has 0 saturated carbocycles. The zero-order valence-corrected chi connectivity index (χ0v) is 11.1. The number of aromatic hydroxyl groups is 1. The largest absolute Gasteiger partial charge is 0.493 e. The maximum absolute atomic E-state index is 10.0. The summed E-state index contributed by atoms with van der Waals surface area (Å²) >= 11 is 6.45. The lowest BCUT2D eigenvalue weighted by molar-refractivity contribution is 0.307. The van der Waals surface area contributed by atoms with Crippen LogP contribution in [-0.2, 0) is 6.54 Å². The number of aliphatic hydroxyl groups excluding tert-OH is 1. The van der Waals surface area contributed by atoms with Crippen LogP contribution in [0.25, 0.3) is 0 Å². The summed E-state index contributed by atoms with van der Waals surface area (Å²) in [6.45, 7) is 0.681. The van der Waals surface area contributed by atoms with Gasteiger partial charge in [-0.3, -0.25) is 9.56 Å². The van der Waals surface area contributed by atoms with Gasteiger partial charge in [-0.25, -0.2) is 0 Å². The second-order valence-corrected chi connectivity index (χ2v) is 5.16. The Morgan fingerprint density at radius 2 is 2.39 bits per heavy atom. The van der Waals surface area contributed by atoms with E-state index < -0.39 is 0 Å². The molecule has 0 amide bonds. The van der Waals surface area contributed by atoms with E-state index in [2.05, 4.69) is 4.99 Å². The number of aromatic nitrogens is 1. The molecule has 0 aromatic carbocycles. The standard InChI is InChI=1S/C11H12N2O3S2/c14-4-3-12-6-9-10(15)13(11(17)18-9)7-8-2-1-5-16-8/h1-2,5-6,14-15H,3-4,7H2. The number of thiazole rings is 1. The molecule has 2 aromatic heterocycles. The van der Waals surface area contributed by atoms with Crippen LogP contribution in [0, 0.1) is 3.95 Å². The van der Waals surface area contributed by atoms with Gasteiger partial charge in [-0.1, -0.05) is 11.3 Å². The Labute approximate surface area is 113 Å². The molecule has 0 spiro atoms. The molecule has 0 aliphatic carbocycles. The van der Waals surface area contributed by atoms with Crippen LogP contribution in [0.1, 0.15) is 10.6 Å². The lowest BCUT2D eigenvalue weighted by Gasteiger charge is -2.01. The van der Waals surface area contributed by atoms with Crippen molar-refractivity contribution in [1.82, 2.24) is 4.57 Å². The molecule has 5 nitrogen and oxygen atoms in total. The van der Waals surface area contributed by atoms with Crippen molar-refractivity contribution in [2.45, 2.75) is 6.54 Å². The molecule has 0 aliphatic rings. The van der Waals surface area contributed by atoms with Crippen molar-refractivity contribution < 1.29 is 14.6 Å². The molecule has 2 rings (SSSR count). The van der Waals surface area contributed by atoms with Crippen LogP contribution in [0.4, 0.5) is 0 Å². The number of hydrogen-bond acceptors (Lipinski definition) is 6. The highest BCUT2D eigenvalue weighted by Crippen LogP contribution is 2.25. The zero-order valence-electron chi connectivity index (χ0n) is 9.44. The highest BCUT2D eigenvalue weighted by atomic mass is 32.1. The molecular formula is C11H12N2O3S2. The molecule has 0 bridgehead atoms. The molecule has 0 fully saturated rings. The average molecular weight is 284 g/mol. The third-order valence-corrected chi connectivity index (χ3v) is 3.60. The van der Waals surface area contributed by atoms with E-state index in [0.717, 1.165) is 5.76 Å². The van der Waals surface area contributed by atoms with Crippen LogP contribution in [0.5, 0.6) is 5.88 Å². The molecule has 0 atom stereocenters. The summed E-state index contributed by atoms with van der Waals surface area (Å²) in [5.74, 6) is 0.793. The average Bonchev–Trinajstić information content (AvgIpc) is 2.94. The van der Waals surface area contributed by atoms with E-state index >= 15 is 0 Å². The van der Waals surface area contributed by atoms with E-state index in [1.54, 1.807) is 16.9 Å². The number of nitrogens with zero attached hydrogens (tertiary/aromatic N) is 2. The van der Waals surface area contributed by atoms with Crippen molar-refractivity contribution in [3.63, 3.8) is 0 Å². The first kappa shape index (κ1) is 13.0. The molecule has 7 heteroatoms. The minimum Gasteiger partial charge on any atom is -0.493 e. The van der Waals surface area contributed by atoms with Crippen LogP contribution in [0.3, 0.4) is 0 Å². The number of aliphatic imine (C=N–C) groups is 1. The molecule has 2 heterocycles. The van der Waals surface area contributed by atoms with Gasteiger partial charge in [-0.2, -0.15) is 0 Å². The van der Waals surface area contributed by atoms with Gasteiger partial charge in [0.1, 0.15) is 10.6 Å². The summed E-state index contributed by atoms with van der Waals surface area (Å²) < 4.78 is 7.35. The summed E-state index contributed by atoms with van der Waals surface area (Å²) in [6, 6.07) is 3.60. The maximum Gasteiger partial charge on any atom is 0.212 e. The fraction of sp³-hybridized carbons (Fsp3) is 0.273. The van der Waals surface area contributed by atoms with E-state index in [1.165, 1.54) is 17.6 Å². The first-order chi connectivity index (χ1) is 8.72. The quantitative estimate of drug-likeness (QED) is 0.651. The van der Waals surface area contributed by atoms with Crippen LogP contribution in [0.2, 0.25) is 0 Å². The van der Waals surface area contributed by atoms with Gasteiger partial charge in [0.15, 0.2) is 3.95 Å². The lowest BCUT2D eigenvalue weighted by atomic mass is 10.4. The Morgan fingerprint density at radius 3 is 3.06 bits per heavy atom. The smallest absolute Gasteiger partial charge is 0.212 e. The van der Waals surface area contributed by atoms with Crippen molar-refractivity contribution in [2.75, 3.05) is 13.2 Å². The predicted molar refractivity (Wildman–Crippen MR) is 72.2 cm³/mol. The number of furan rings is 1. The van der Waals surface area contributed by atoms with Gasteiger partial charge >= 0.3 is 0 Å². The van der Waals surface area contributed by atoms with Crippen LogP contribution >= 0.6 is 23.6 Å². The van der Waals surface area contributed by atoms with Crippen LogP contribution < -0.4 is 0 Å². The van der Waals surface area contributed by atoms with E-state index in [1.807, 2.05) is 6.07 Å². The summed E-state index contributed by atoms with van der Waals surface area (Å²) in [5, 5.41) is 18.7. The molecule has 2 N–H and O–H groups in total. The molecule has 0 radical (unpaired) electrons. The van der Waals surface area contributed by atoms with E-state index in [-0.39, 0.29) is 12.5 Å². The highest BCUT2D eigenvalue weighted by Gasteiger charge is 2.11. The van der Waals surface area contributed by atoms with Crippen LogP contribution in [0.15, 0.2) is 27.8 Å². The molecule has 2 aromatic rings. The molecular weight excluding hydrogens is 272 g/mol. The Balaban J connectivity index is 2.24. The monoisotopic (exact) mass is 284 g/mol. The van der Waals surface area contributed by atoms with Crippen molar-refractivity contribution in [1.29, 1.82) is 0 Å². The zero-order chi connectivity index (χ0) is 13.0. The van der Waals surface area contributed by atoms with Crippen molar-refractivity contribution in [2.24, 2.45) is 4.99 Å². The van der Waals surface area contributed by atoms with Crippen molar-refractivity contribution in [3.8, 4) is 5.88 Å². The second-order valence-electron chi connectivity index (χ2n) is 3.48. The van der Waals surface area contributed by atoms with Gasteiger partial charge in [0.25, 0.3) is 0 Å². The number of aliphatic hydroxyl groups is 1. The minimum absolute atomic E-state index is 0.0181. The third-order valence-electron chi connectivity index (χ3n) is 2.23. The second kappa shape index (κ2) is 5.94. The summed E-state index contributed by atoms with van der Waals surface area (Å²) in [5.41, 5.74) is 0. The molecule has 0 unspecified atom stereocenters. The Morgan fingerprint density at radius 1 is 1.56 bits per heavy atom. The van der Waals surface area contributed by atoms with E-state index in [0.29, 0.717) is 21.9 Å². The Bertz CT molecular complexity index is 584. The van der Waals surface area contributed by atoms with E-state index in [4.69, 9.17) is 21.7 Å². The highest BCUT2D eigenvalue weighted by molar-refractivity contribution is 7.73. The number of rotatable bonds is 5. The van der Waals surface area contributed by atoms with Gasteiger partial charge in [-0.05, 0) is 24.4 Å². The lowest BCUT2D eigenvalue weighted by Crippen LogP contribution is -1.98. The fourth-order valence-corrected chi connectivity index (χ4v) is 2.60. The van der Waals surface area contributed by atoms with Crippen molar-refractivity contribution in [3.05, 3.63) is 33.0 Å². The topological polar surface area (TPSA) is 70.9 Å². The third kappa shape index (κ3) is 2.87. The first-order valence-corrected chi connectivity index (χ1v) is 6.50. The molecule has 0 saturated heterocycles. The summed E-state index contributed by atoms with van der Waals surface area (Å²) in [7, 11) is 0. The minimum atomic E-state index is -0.0181. The molecule has 96 valence electrons. The summed E-state index contributed by atoms with van der Waals surface area (Å²) in [6.07, 6.45) is 3.09. The number of hydrogen-bond donors (Lipinski definition) is 2. The first-order valence-electron chi connectivity index (χ1n) is 5.28. The summed E-state index contributed by atoms with van der Waals surface area (Å²) in [4.78, 5) is 4.55. The van der Waals surface area contributed by atoms with Gasteiger partial charge in [0.2, 0.25) is 5.88 Å². The van der Waals surface area contributed by atoms with Gasteiger partial charge in [0.05, 0.1) is 26.0 Å². The Kier molecular flexibility index (Phi) is 4.29.